The fourth-order valence-corrected chi connectivity index (χ4v) is 1.50. The van der Waals surface area contributed by atoms with Crippen molar-refractivity contribution in [1.29, 1.82) is 0 Å². The Kier molecular flexibility index (Phi) is 6.36. The molecule has 0 aromatic rings. The van der Waals surface area contributed by atoms with Crippen molar-refractivity contribution in [2.75, 3.05) is 11.9 Å². The molecule has 0 unspecified atom stereocenters. The maximum Gasteiger partial charge on any atom is 0.397 e. The number of nitrogens with one attached hydrogen (secondary N) is 1. The van der Waals surface area contributed by atoms with Gasteiger partial charge in [0.05, 0.1) is 0 Å². The molecular formula is C10H17BrF3NO. The van der Waals surface area contributed by atoms with Crippen molar-refractivity contribution < 1.29 is 18.0 Å². The third-order valence-electron chi connectivity index (χ3n) is 2.11. The Morgan fingerprint density at radius 2 is 1.88 bits per heavy atom. The van der Waals surface area contributed by atoms with Crippen LogP contribution in [0.1, 0.15) is 33.1 Å². The van der Waals surface area contributed by atoms with Gasteiger partial charge < -0.3 is 5.32 Å². The second-order valence-electron chi connectivity index (χ2n) is 4.53. The molecule has 0 spiro atoms. The molecule has 96 valence electrons. The number of carbonyl (C=O) groups is 1. The first kappa shape index (κ1) is 15.7. The van der Waals surface area contributed by atoms with Gasteiger partial charge in [0.25, 0.3) is 0 Å². The number of hydrogen-bond acceptors (Lipinski definition) is 1. The van der Waals surface area contributed by atoms with Crippen molar-refractivity contribution >= 4 is 21.8 Å². The molecule has 0 aromatic heterocycles. The van der Waals surface area contributed by atoms with Gasteiger partial charge >= 0.3 is 6.18 Å². The van der Waals surface area contributed by atoms with E-state index in [2.05, 4.69) is 21.2 Å². The van der Waals surface area contributed by atoms with E-state index in [1.54, 1.807) is 0 Å². The van der Waals surface area contributed by atoms with Crippen LogP contribution in [0, 0.1) is 5.41 Å². The molecule has 0 atom stereocenters. The van der Waals surface area contributed by atoms with Crippen LogP contribution >= 0.6 is 15.9 Å². The first-order chi connectivity index (χ1) is 7.16. The lowest BCUT2D eigenvalue weighted by molar-refractivity contribution is -0.154. The van der Waals surface area contributed by atoms with Crippen molar-refractivity contribution in [3.63, 3.8) is 0 Å². The van der Waals surface area contributed by atoms with E-state index in [1.165, 1.54) is 0 Å². The van der Waals surface area contributed by atoms with E-state index in [1.807, 2.05) is 13.8 Å². The van der Waals surface area contributed by atoms with Crippen LogP contribution in [0.15, 0.2) is 0 Å². The summed E-state index contributed by atoms with van der Waals surface area (Å²) in [6.07, 6.45) is -4.04. The van der Waals surface area contributed by atoms with Crippen LogP contribution in [0.3, 0.4) is 0 Å². The van der Waals surface area contributed by atoms with Crippen molar-refractivity contribution in [2.45, 2.75) is 39.3 Å². The highest BCUT2D eigenvalue weighted by atomic mass is 79.9. The molecular weight excluding hydrogens is 287 g/mol. The minimum absolute atomic E-state index is 0.172. The summed E-state index contributed by atoms with van der Waals surface area (Å²) in [4.78, 5) is 10.9. The van der Waals surface area contributed by atoms with Gasteiger partial charge in [-0.1, -0.05) is 29.8 Å². The van der Waals surface area contributed by atoms with Gasteiger partial charge in [0.15, 0.2) is 0 Å². The van der Waals surface area contributed by atoms with Crippen molar-refractivity contribution in [2.24, 2.45) is 5.41 Å². The Hall–Kier alpha value is -0.260. The summed E-state index contributed by atoms with van der Waals surface area (Å²) in [6.45, 7) is 4.11. The van der Waals surface area contributed by atoms with Gasteiger partial charge in [0.1, 0.15) is 6.42 Å². The Morgan fingerprint density at radius 3 is 2.31 bits per heavy atom. The summed E-state index contributed by atoms with van der Waals surface area (Å²) in [7, 11) is 0. The Bertz CT molecular complexity index is 229. The van der Waals surface area contributed by atoms with Gasteiger partial charge in [-0.2, -0.15) is 13.2 Å². The van der Waals surface area contributed by atoms with E-state index < -0.39 is 18.5 Å². The Balaban J connectivity index is 3.90. The normalized spacial score (nSPS) is 12.6. The molecule has 1 N–H and O–H groups in total. The van der Waals surface area contributed by atoms with Crippen LogP contribution in [0.5, 0.6) is 0 Å². The smallest absolute Gasteiger partial charge is 0.355 e. The zero-order chi connectivity index (χ0) is 12.8. The molecule has 6 heteroatoms. The highest BCUT2D eigenvalue weighted by molar-refractivity contribution is 9.09. The molecule has 0 bridgehead atoms. The Morgan fingerprint density at radius 1 is 1.31 bits per heavy atom. The molecule has 0 aliphatic carbocycles. The highest BCUT2D eigenvalue weighted by Crippen LogP contribution is 2.23. The predicted molar refractivity (Wildman–Crippen MR) is 60.5 cm³/mol. The van der Waals surface area contributed by atoms with Crippen LogP contribution < -0.4 is 5.32 Å². The third kappa shape index (κ3) is 9.00. The molecule has 16 heavy (non-hydrogen) atoms. The summed E-state index contributed by atoms with van der Waals surface area (Å²) in [5, 5.41) is 3.17. The van der Waals surface area contributed by atoms with Crippen LogP contribution in [-0.4, -0.2) is 24.0 Å². The van der Waals surface area contributed by atoms with Gasteiger partial charge in [-0.05, 0) is 18.3 Å². The largest absolute Gasteiger partial charge is 0.397 e. The summed E-state index contributed by atoms with van der Waals surface area (Å²) in [5.74, 6) is -0.959. The molecule has 0 aromatic carbocycles. The second kappa shape index (κ2) is 6.47. The van der Waals surface area contributed by atoms with Crippen molar-refractivity contribution in [3.05, 3.63) is 0 Å². The lowest BCUT2D eigenvalue weighted by Crippen LogP contribution is -2.36. The summed E-state index contributed by atoms with van der Waals surface area (Å²) < 4.78 is 35.6. The summed E-state index contributed by atoms with van der Waals surface area (Å²) in [6, 6.07) is 0. The number of hydrogen-bond donors (Lipinski definition) is 1. The second-order valence-corrected chi connectivity index (χ2v) is 5.32. The molecule has 0 aliphatic heterocycles. The summed E-state index contributed by atoms with van der Waals surface area (Å²) in [5.41, 5.74) is -0.172. The van der Waals surface area contributed by atoms with Crippen LogP contribution in [0.2, 0.25) is 0 Å². The third-order valence-corrected chi connectivity index (χ3v) is 2.67. The molecule has 0 saturated carbocycles. The zero-order valence-electron chi connectivity index (χ0n) is 9.46. The minimum Gasteiger partial charge on any atom is -0.355 e. The van der Waals surface area contributed by atoms with Gasteiger partial charge in [-0.15, -0.1) is 0 Å². The number of rotatable bonds is 6. The first-order valence-electron chi connectivity index (χ1n) is 5.06. The van der Waals surface area contributed by atoms with E-state index in [0.717, 1.165) is 18.2 Å². The topological polar surface area (TPSA) is 29.1 Å². The molecule has 0 saturated heterocycles. The SMILES string of the molecule is CC(C)(CCCBr)CNC(=O)CC(F)(F)F. The number of amides is 1. The summed E-state index contributed by atoms with van der Waals surface area (Å²) >= 11 is 3.29. The van der Waals surface area contributed by atoms with Gasteiger partial charge in [0, 0.05) is 11.9 Å². The first-order valence-corrected chi connectivity index (χ1v) is 6.18. The average molecular weight is 304 g/mol. The molecule has 0 fully saturated rings. The number of alkyl halides is 4. The van der Waals surface area contributed by atoms with E-state index >= 15 is 0 Å². The molecule has 0 radical (unpaired) electrons. The van der Waals surface area contributed by atoms with Crippen molar-refractivity contribution in [3.8, 4) is 0 Å². The van der Waals surface area contributed by atoms with E-state index in [-0.39, 0.29) is 12.0 Å². The van der Waals surface area contributed by atoms with Crippen LogP contribution in [-0.2, 0) is 4.79 Å². The van der Waals surface area contributed by atoms with E-state index in [0.29, 0.717) is 0 Å². The average Bonchev–Trinajstić information content (AvgIpc) is 2.09. The van der Waals surface area contributed by atoms with Gasteiger partial charge in [0.2, 0.25) is 5.91 Å². The van der Waals surface area contributed by atoms with E-state index in [9.17, 15) is 18.0 Å². The van der Waals surface area contributed by atoms with E-state index in [4.69, 9.17) is 0 Å². The fourth-order valence-electron chi connectivity index (χ4n) is 1.22. The zero-order valence-corrected chi connectivity index (χ0v) is 11.0. The maximum absolute atomic E-state index is 11.9. The van der Waals surface area contributed by atoms with Gasteiger partial charge in [-0.25, -0.2) is 0 Å². The monoisotopic (exact) mass is 303 g/mol. The molecule has 1 amide bonds. The number of halogens is 4. The lowest BCUT2D eigenvalue weighted by Gasteiger charge is -2.24. The molecule has 0 heterocycles. The van der Waals surface area contributed by atoms with Crippen LogP contribution in [0.25, 0.3) is 0 Å². The maximum atomic E-state index is 11.9. The standard InChI is InChI=1S/C10H17BrF3NO/c1-9(2,4-3-5-11)7-15-8(16)6-10(12,13)14/h3-7H2,1-2H3,(H,15,16). The molecule has 0 aliphatic rings. The van der Waals surface area contributed by atoms with Crippen LogP contribution in [0.4, 0.5) is 13.2 Å². The molecule has 2 nitrogen and oxygen atoms in total. The van der Waals surface area contributed by atoms with Gasteiger partial charge in [-0.3, -0.25) is 4.79 Å². The minimum atomic E-state index is -4.43. The number of carbonyl (C=O) groups excluding carboxylic acids is 1. The quantitative estimate of drug-likeness (QED) is 0.750. The fraction of sp³-hybridized carbons (Fsp3) is 0.900. The predicted octanol–water partition coefficient (Wildman–Crippen LogP) is 3.26. The highest BCUT2D eigenvalue weighted by Gasteiger charge is 2.31. The lowest BCUT2D eigenvalue weighted by atomic mass is 9.88. The molecule has 0 rings (SSSR count). The van der Waals surface area contributed by atoms with Crippen molar-refractivity contribution in [1.82, 2.24) is 5.32 Å². The Labute approximate surface area is 102 Å².